The van der Waals surface area contributed by atoms with Crippen LogP contribution in [0.25, 0.3) is 5.57 Å². The standard InChI is InChI=1S/C15H14O/c1-12-4-2-3-5-15(10-12)14-8-6-13(11-16)7-9-14/h2-9,11H,10H2,1H3. The zero-order valence-electron chi connectivity index (χ0n) is 9.31. The van der Waals surface area contributed by atoms with Gasteiger partial charge in [-0.3, -0.25) is 4.79 Å². The van der Waals surface area contributed by atoms with E-state index in [0.717, 1.165) is 18.3 Å². The van der Waals surface area contributed by atoms with Gasteiger partial charge in [-0.05, 0) is 24.5 Å². The molecule has 16 heavy (non-hydrogen) atoms. The summed E-state index contributed by atoms with van der Waals surface area (Å²) in [6.45, 7) is 2.13. The van der Waals surface area contributed by atoms with Crippen LogP contribution in [0.5, 0.6) is 0 Å². The van der Waals surface area contributed by atoms with Crippen LogP contribution in [0.2, 0.25) is 0 Å². The normalized spacial score (nSPS) is 15.1. The third-order valence-corrected chi connectivity index (χ3v) is 2.68. The minimum absolute atomic E-state index is 0.723. The zero-order valence-corrected chi connectivity index (χ0v) is 9.31. The highest BCUT2D eigenvalue weighted by Gasteiger charge is 2.03. The van der Waals surface area contributed by atoms with Gasteiger partial charge in [0.05, 0.1) is 0 Å². The Morgan fingerprint density at radius 2 is 1.75 bits per heavy atom. The highest BCUT2D eigenvalue weighted by molar-refractivity contribution is 5.77. The Morgan fingerprint density at radius 1 is 1.06 bits per heavy atom. The first kappa shape index (κ1) is 10.6. The summed E-state index contributed by atoms with van der Waals surface area (Å²) in [6, 6.07) is 7.72. The number of rotatable bonds is 2. The van der Waals surface area contributed by atoms with Gasteiger partial charge in [-0.1, -0.05) is 54.1 Å². The lowest BCUT2D eigenvalue weighted by Gasteiger charge is -2.06. The average Bonchev–Trinajstić information content (AvgIpc) is 2.54. The van der Waals surface area contributed by atoms with Crippen molar-refractivity contribution in [1.82, 2.24) is 0 Å². The summed E-state index contributed by atoms with van der Waals surface area (Å²) in [4.78, 5) is 10.6. The van der Waals surface area contributed by atoms with E-state index in [9.17, 15) is 4.79 Å². The van der Waals surface area contributed by atoms with E-state index in [1.807, 2.05) is 24.3 Å². The number of benzene rings is 1. The Bertz CT molecular complexity index is 473. The van der Waals surface area contributed by atoms with Crippen LogP contribution >= 0.6 is 0 Å². The lowest BCUT2D eigenvalue weighted by Crippen LogP contribution is -1.87. The maximum atomic E-state index is 10.6. The van der Waals surface area contributed by atoms with Crippen molar-refractivity contribution in [3.05, 3.63) is 65.3 Å². The number of carbonyl (C=O) groups excluding carboxylic acids is 1. The quantitative estimate of drug-likeness (QED) is 0.679. The first-order valence-corrected chi connectivity index (χ1v) is 5.38. The monoisotopic (exact) mass is 210 g/mol. The third kappa shape index (κ3) is 2.37. The van der Waals surface area contributed by atoms with Crippen LogP contribution in [0.1, 0.15) is 29.3 Å². The van der Waals surface area contributed by atoms with E-state index in [4.69, 9.17) is 0 Å². The number of carbonyl (C=O) groups is 1. The van der Waals surface area contributed by atoms with Gasteiger partial charge < -0.3 is 0 Å². The molecule has 80 valence electrons. The molecule has 1 aromatic carbocycles. The van der Waals surface area contributed by atoms with E-state index in [1.54, 1.807) is 0 Å². The van der Waals surface area contributed by atoms with E-state index in [2.05, 4.69) is 31.2 Å². The smallest absolute Gasteiger partial charge is 0.150 e. The fourth-order valence-electron chi connectivity index (χ4n) is 1.78. The van der Waals surface area contributed by atoms with Crippen LogP contribution in [0.4, 0.5) is 0 Å². The first-order valence-electron chi connectivity index (χ1n) is 5.38. The molecule has 0 aromatic heterocycles. The fourth-order valence-corrected chi connectivity index (χ4v) is 1.78. The SMILES string of the molecule is CC1=CC=CC=C(c2ccc(C=O)cc2)C1. The molecule has 0 saturated heterocycles. The summed E-state index contributed by atoms with van der Waals surface area (Å²) in [7, 11) is 0. The van der Waals surface area contributed by atoms with Crippen molar-refractivity contribution >= 4 is 11.9 Å². The largest absolute Gasteiger partial charge is 0.298 e. The number of hydrogen-bond donors (Lipinski definition) is 0. The molecule has 0 radical (unpaired) electrons. The second-order valence-electron chi connectivity index (χ2n) is 4.01. The van der Waals surface area contributed by atoms with Gasteiger partial charge >= 0.3 is 0 Å². The van der Waals surface area contributed by atoms with Crippen molar-refractivity contribution < 1.29 is 4.79 Å². The van der Waals surface area contributed by atoms with Gasteiger partial charge in [0.15, 0.2) is 0 Å². The second kappa shape index (κ2) is 4.75. The minimum atomic E-state index is 0.723. The Morgan fingerprint density at radius 3 is 2.44 bits per heavy atom. The lowest BCUT2D eigenvalue weighted by molar-refractivity contribution is 0.112. The Balaban J connectivity index is 2.30. The van der Waals surface area contributed by atoms with E-state index >= 15 is 0 Å². The van der Waals surface area contributed by atoms with Crippen LogP contribution in [-0.2, 0) is 0 Å². The molecular weight excluding hydrogens is 196 g/mol. The summed E-state index contributed by atoms with van der Waals surface area (Å²) >= 11 is 0. The van der Waals surface area contributed by atoms with Gasteiger partial charge in [-0.15, -0.1) is 0 Å². The van der Waals surface area contributed by atoms with E-state index in [0.29, 0.717) is 0 Å². The minimum Gasteiger partial charge on any atom is -0.298 e. The second-order valence-corrected chi connectivity index (χ2v) is 4.01. The Labute approximate surface area is 95.8 Å². The molecule has 0 saturated carbocycles. The first-order chi connectivity index (χ1) is 7.79. The molecule has 0 atom stereocenters. The van der Waals surface area contributed by atoms with E-state index in [-0.39, 0.29) is 0 Å². The molecule has 0 N–H and O–H groups in total. The Hall–Kier alpha value is -1.89. The Kier molecular flexibility index (Phi) is 3.16. The van der Waals surface area contributed by atoms with Crippen molar-refractivity contribution in [2.24, 2.45) is 0 Å². The predicted molar refractivity (Wildman–Crippen MR) is 67.3 cm³/mol. The van der Waals surface area contributed by atoms with Crippen LogP contribution in [0.3, 0.4) is 0 Å². The molecule has 0 heterocycles. The molecule has 0 fully saturated rings. The molecule has 0 aliphatic heterocycles. The molecule has 1 nitrogen and oxygen atoms in total. The molecule has 1 aromatic rings. The lowest BCUT2D eigenvalue weighted by atomic mass is 9.98. The summed E-state index contributed by atoms with van der Waals surface area (Å²) in [5.74, 6) is 0. The summed E-state index contributed by atoms with van der Waals surface area (Å²) in [5, 5.41) is 0. The van der Waals surface area contributed by atoms with Crippen molar-refractivity contribution in [3.8, 4) is 0 Å². The van der Waals surface area contributed by atoms with Gasteiger partial charge in [0.2, 0.25) is 0 Å². The average molecular weight is 210 g/mol. The molecule has 2 rings (SSSR count). The van der Waals surface area contributed by atoms with Crippen molar-refractivity contribution in [1.29, 1.82) is 0 Å². The fraction of sp³-hybridized carbons (Fsp3) is 0.133. The van der Waals surface area contributed by atoms with Gasteiger partial charge in [0, 0.05) is 5.56 Å². The van der Waals surface area contributed by atoms with Crippen LogP contribution in [0.15, 0.2) is 54.1 Å². The maximum absolute atomic E-state index is 10.6. The van der Waals surface area contributed by atoms with Crippen molar-refractivity contribution in [2.75, 3.05) is 0 Å². The van der Waals surface area contributed by atoms with Crippen LogP contribution < -0.4 is 0 Å². The van der Waals surface area contributed by atoms with Gasteiger partial charge in [0.1, 0.15) is 6.29 Å². The summed E-state index contributed by atoms with van der Waals surface area (Å²) in [5.41, 5.74) is 4.55. The highest BCUT2D eigenvalue weighted by Crippen LogP contribution is 2.24. The summed E-state index contributed by atoms with van der Waals surface area (Å²) < 4.78 is 0. The molecule has 0 amide bonds. The van der Waals surface area contributed by atoms with Crippen molar-refractivity contribution in [3.63, 3.8) is 0 Å². The molecule has 0 spiro atoms. The number of allylic oxidation sites excluding steroid dienone is 6. The van der Waals surface area contributed by atoms with Gasteiger partial charge in [0.25, 0.3) is 0 Å². The van der Waals surface area contributed by atoms with Crippen LogP contribution in [-0.4, -0.2) is 6.29 Å². The third-order valence-electron chi connectivity index (χ3n) is 2.68. The predicted octanol–water partition coefficient (Wildman–Crippen LogP) is 3.79. The van der Waals surface area contributed by atoms with Crippen LogP contribution in [0, 0.1) is 0 Å². The van der Waals surface area contributed by atoms with Gasteiger partial charge in [-0.2, -0.15) is 0 Å². The van der Waals surface area contributed by atoms with Crippen molar-refractivity contribution in [2.45, 2.75) is 13.3 Å². The zero-order chi connectivity index (χ0) is 11.4. The molecule has 0 unspecified atom stereocenters. The van der Waals surface area contributed by atoms with Gasteiger partial charge in [-0.25, -0.2) is 0 Å². The topological polar surface area (TPSA) is 17.1 Å². The molecular formula is C15H14O. The summed E-state index contributed by atoms with van der Waals surface area (Å²) in [6.07, 6.45) is 10.2. The molecule has 1 heteroatoms. The van der Waals surface area contributed by atoms with E-state index < -0.39 is 0 Å². The number of hydrogen-bond acceptors (Lipinski definition) is 1. The molecule has 0 bridgehead atoms. The highest BCUT2D eigenvalue weighted by atomic mass is 16.1. The number of aldehydes is 1. The maximum Gasteiger partial charge on any atom is 0.150 e. The molecule has 1 aliphatic carbocycles. The molecule has 1 aliphatic rings. The van der Waals surface area contributed by atoms with E-state index in [1.165, 1.54) is 16.7 Å².